The Hall–Kier alpha value is -3.39. The van der Waals surface area contributed by atoms with Crippen LogP contribution in [0, 0.1) is 12.8 Å². The Kier molecular flexibility index (Phi) is 5.53. The minimum Gasteiger partial charge on any atom is -0.467 e. The molecule has 32 heavy (non-hydrogen) atoms. The summed E-state index contributed by atoms with van der Waals surface area (Å²) in [5, 5.41) is 4.94. The number of furan rings is 1. The van der Waals surface area contributed by atoms with E-state index in [4.69, 9.17) is 9.40 Å². The van der Waals surface area contributed by atoms with Gasteiger partial charge >= 0.3 is 0 Å². The van der Waals surface area contributed by atoms with Crippen molar-refractivity contribution in [2.45, 2.75) is 26.3 Å². The number of amides is 1. The van der Waals surface area contributed by atoms with Crippen LogP contribution in [0.15, 0.2) is 57.3 Å². The fourth-order valence-corrected chi connectivity index (χ4v) is 5.03. The van der Waals surface area contributed by atoms with Crippen molar-refractivity contribution in [3.63, 3.8) is 0 Å². The molecule has 164 valence electrons. The Morgan fingerprint density at radius 1 is 1.31 bits per heavy atom. The minimum absolute atomic E-state index is 0.00889. The molecule has 1 amide bonds. The van der Waals surface area contributed by atoms with Crippen molar-refractivity contribution < 1.29 is 9.21 Å². The summed E-state index contributed by atoms with van der Waals surface area (Å²) in [5.74, 6) is 1.07. The second-order valence-electron chi connectivity index (χ2n) is 8.17. The summed E-state index contributed by atoms with van der Waals surface area (Å²) in [4.78, 5) is 35.3. The molecule has 0 unspecified atom stereocenters. The van der Waals surface area contributed by atoms with Gasteiger partial charge in [0.2, 0.25) is 11.9 Å². The first-order valence-electron chi connectivity index (χ1n) is 10.7. The number of anilines is 1. The van der Waals surface area contributed by atoms with Crippen molar-refractivity contribution in [3.8, 4) is 11.1 Å². The zero-order valence-corrected chi connectivity index (χ0v) is 18.6. The number of aromatic amines is 1. The van der Waals surface area contributed by atoms with Gasteiger partial charge in [0.05, 0.1) is 24.2 Å². The van der Waals surface area contributed by atoms with Crippen molar-refractivity contribution in [1.29, 1.82) is 0 Å². The lowest BCUT2D eigenvalue weighted by Gasteiger charge is -2.32. The van der Waals surface area contributed by atoms with Crippen LogP contribution in [0.25, 0.3) is 21.3 Å². The molecule has 1 aliphatic rings. The maximum Gasteiger partial charge on any atom is 0.270 e. The molecule has 0 saturated carbocycles. The average molecular weight is 449 g/mol. The number of thiophene rings is 1. The van der Waals surface area contributed by atoms with Gasteiger partial charge in [-0.1, -0.05) is 29.8 Å². The van der Waals surface area contributed by atoms with Crippen LogP contribution in [0.5, 0.6) is 0 Å². The Balaban J connectivity index is 1.38. The lowest BCUT2D eigenvalue weighted by atomic mass is 9.97. The molecule has 0 radical (unpaired) electrons. The lowest BCUT2D eigenvalue weighted by Crippen LogP contribution is -2.43. The molecule has 5 rings (SSSR count). The van der Waals surface area contributed by atoms with Gasteiger partial charge < -0.3 is 14.6 Å². The van der Waals surface area contributed by atoms with Crippen molar-refractivity contribution in [2.75, 3.05) is 18.0 Å². The zero-order chi connectivity index (χ0) is 22.1. The average Bonchev–Trinajstić information content (AvgIpc) is 3.48. The van der Waals surface area contributed by atoms with Gasteiger partial charge in [0, 0.05) is 24.0 Å². The molecule has 0 aliphatic carbocycles. The molecule has 4 aromatic rings. The van der Waals surface area contributed by atoms with Gasteiger partial charge in [-0.3, -0.25) is 14.6 Å². The number of nitrogens with zero attached hydrogens (tertiary/aromatic N) is 2. The van der Waals surface area contributed by atoms with Gasteiger partial charge in [0.15, 0.2) is 0 Å². The molecule has 4 heterocycles. The number of hydrogen-bond acceptors (Lipinski definition) is 6. The van der Waals surface area contributed by atoms with Crippen molar-refractivity contribution >= 4 is 33.4 Å². The number of nitrogens with one attached hydrogen (secondary N) is 2. The summed E-state index contributed by atoms with van der Waals surface area (Å²) in [6.07, 6.45) is 3.26. The first-order chi connectivity index (χ1) is 15.6. The largest absolute Gasteiger partial charge is 0.467 e. The van der Waals surface area contributed by atoms with E-state index < -0.39 is 0 Å². The number of carbonyl (C=O) groups is 1. The standard InChI is InChI=1S/C24H24N4O3S/c1-15-6-8-16(9-7-15)19-14-32-21-20(19)26-24(27-23(21)30)28-10-2-4-17(13-28)22(29)25-12-18-5-3-11-31-18/h3,5-9,11,14,17H,2,4,10,12-13H2,1H3,(H,25,29)(H,26,27,30)/t17-/m1/s1. The second-order valence-corrected chi connectivity index (χ2v) is 9.04. The number of fused-ring (bicyclic) bond motifs is 1. The molecule has 1 fully saturated rings. The molecule has 3 aromatic heterocycles. The molecule has 8 heteroatoms. The number of piperidine rings is 1. The third kappa shape index (κ3) is 4.05. The number of H-pyrrole nitrogens is 1. The Bertz CT molecular complexity index is 1290. The number of hydrogen-bond donors (Lipinski definition) is 2. The van der Waals surface area contributed by atoms with Gasteiger partial charge in [0.25, 0.3) is 5.56 Å². The van der Waals surface area contributed by atoms with E-state index in [-0.39, 0.29) is 17.4 Å². The van der Waals surface area contributed by atoms with Gasteiger partial charge in [-0.25, -0.2) is 4.98 Å². The zero-order valence-electron chi connectivity index (χ0n) is 17.8. The van der Waals surface area contributed by atoms with Crippen LogP contribution in [0.3, 0.4) is 0 Å². The van der Waals surface area contributed by atoms with Gasteiger partial charge in [-0.2, -0.15) is 0 Å². The maximum atomic E-state index is 12.8. The summed E-state index contributed by atoms with van der Waals surface area (Å²) >= 11 is 1.41. The Labute approximate surface area is 189 Å². The van der Waals surface area contributed by atoms with E-state index in [0.717, 1.165) is 36.3 Å². The highest BCUT2D eigenvalue weighted by atomic mass is 32.1. The maximum absolute atomic E-state index is 12.8. The van der Waals surface area contributed by atoms with Crippen LogP contribution in [-0.2, 0) is 11.3 Å². The summed E-state index contributed by atoms with van der Waals surface area (Å²) < 4.78 is 5.91. The normalized spacial score (nSPS) is 16.4. The van der Waals surface area contributed by atoms with E-state index in [1.54, 1.807) is 12.3 Å². The predicted octanol–water partition coefficient (Wildman–Crippen LogP) is 4.09. The van der Waals surface area contributed by atoms with E-state index in [1.165, 1.54) is 16.9 Å². The Morgan fingerprint density at radius 2 is 2.16 bits per heavy atom. The van der Waals surface area contributed by atoms with Crippen molar-refractivity contribution in [2.24, 2.45) is 5.92 Å². The summed E-state index contributed by atoms with van der Waals surface area (Å²) in [7, 11) is 0. The third-order valence-corrected chi connectivity index (χ3v) is 6.85. The number of aromatic nitrogens is 2. The Morgan fingerprint density at radius 3 is 2.94 bits per heavy atom. The minimum atomic E-state index is -0.168. The molecule has 1 aromatic carbocycles. The molecule has 0 bridgehead atoms. The highest BCUT2D eigenvalue weighted by Gasteiger charge is 2.27. The molecule has 2 N–H and O–H groups in total. The number of benzene rings is 1. The highest BCUT2D eigenvalue weighted by molar-refractivity contribution is 7.17. The van der Waals surface area contributed by atoms with Gasteiger partial charge in [-0.15, -0.1) is 11.3 Å². The number of rotatable bonds is 5. The van der Waals surface area contributed by atoms with E-state index in [0.29, 0.717) is 29.3 Å². The molecule has 1 aliphatic heterocycles. The first-order valence-corrected chi connectivity index (χ1v) is 11.6. The van der Waals surface area contributed by atoms with E-state index >= 15 is 0 Å². The summed E-state index contributed by atoms with van der Waals surface area (Å²) in [6.45, 7) is 3.69. The molecular weight excluding hydrogens is 424 g/mol. The van der Waals surface area contributed by atoms with Crippen LogP contribution >= 0.6 is 11.3 Å². The third-order valence-electron chi connectivity index (χ3n) is 5.89. The van der Waals surface area contributed by atoms with E-state index in [1.807, 2.05) is 23.3 Å². The number of carbonyl (C=O) groups excluding carboxylic acids is 1. The van der Waals surface area contributed by atoms with Crippen LogP contribution in [0.4, 0.5) is 5.95 Å². The van der Waals surface area contributed by atoms with E-state index in [9.17, 15) is 9.59 Å². The molecule has 7 nitrogen and oxygen atoms in total. The second kappa shape index (κ2) is 8.63. The molecule has 0 spiro atoms. The molecule has 1 saturated heterocycles. The fourth-order valence-electron chi connectivity index (χ4n) is 4.12. The predicted molar refractivity (Wildman–Crippen MR) is 126 cm³/mol. The van der Waals surface area contributed by atoms with Crippen LogP contribution in [-0.4, -0.2) is 29.0 Å². The topological polar surface area (TPSA) is 91.2 Å². The van der Waals surface area contributed by atoms with Crippen molar-refractivity contribution in [3.05, 3.63) is 69.7 Å². The lowest BCUT2D eigenvalue weighted by molar-refractivity contribution is -0.125. The molecule has 1 atom stereocenters. The number of aryl methyl sites for hydroxylation is 1. The van der Waals surface area contributed by atoms with Crippen LogP contribution in [0.2, 0.25) is 0 Å². The highest BCUT2D eigenvalue weighted by Crippen LogP contribution is 2.32. The van der Waals surface area contributed by atoms with Crippen LogP contribution in [0.1, 0.15) is 24.2 Å². The van der Waals surface area contributed by atoms with Crippen LogP contribution < -0.4 is 15.8 Å². The SMILES string of the molecule is Cc1ccc(-c2csc3c(=O)[nH]c(N4CCC[C@@H](C(=O)NCc5ccco5)C4)nc23)cc1. The molecular formula is C24H24N4O3S. The van der Waals surface area contributed by atoms with Gasteiger partial charge in [-0.05, 0) is 37.5 Å². The quantitative estimate of drug-likeness (QED) is 0.480. The fraction of sp³-hybridized carbons (Fsp3) is 0.292. The monoisotopic (exact) mass is 448 g/mol. The first kappa shape index (κ1) is 20.5. The van der Waals surface area contributed by atoms with Gasteiger partial charge in [0.1, 0.15) is 10.5 Å². The summed E-state index contributed by atoms with van der Waals surface area (Å²) in [6, 6.07) is 11.9. The smallest absolute Gasteiger partial charge is 0.270 e. The van der Waals surface area contributed by atoms with Crippen molar-refractivity contribution in [1.82, 2.24) is 15.3 Å². The summed E-state index contributed by atoms with van der Waals surface area (Å²) in [5.41, 5.74) is 3.76. The van der Waals surface area contributed by atoms with E-state index in [2.05, 4.69) is 34.6 Å².